The van der Waals surface area contributed by atoms with Crippen LogP contribution in [0.3, 0.4) is 0 Å². The lowest BCUT2D eigenvalue weighted by Crippen LogP contribution is -2.38. The Morgan fingerprint density at radius 3 is 2.31 bits per heavy atom. The third-order valence-electron chi connectivity index (χ3n) is 3.16. The van der Waals surface area contributed by atoms with Gasteiger partial charge in [-0.2, -0.15) is 5.26 Å². The first-order valence-corrected chi connectivity index (χ1v) is 5.13. The Kier molecular flexibility index (Phi) is 3.34. The van der Waals surface area contributed by atoms with Gasteiger partial charge in [-0.1, -0.05) is 29.8 Å². The first kappa shape index (κ1) is 12.3. The highest BCUT2D eigenvalue weighted by atomic mass is 16.4. The van der Waals surface area contributed by atoms with E-state index in [4.69, 9.17) is 5.26 Å². The molecule has 3 heteroatoms. The molecule has 0 aliphatic heterocycles. The number of benzene rings is 1. The number of aryl methyl sites for hydroxylation is 1. The molecule has 0 bridgehead atoms. The molecule has 16 heavy (non-hydrogen) atoms. The molecule has 0 heterocycles. The predicted molar refractivity (Wildman–Crippen MR) is 60.9 cm³/mol. The largest absolute Gasteiger partial charge is 0.481 e. The SMILES string of the molecule is Cc1ccc(C(C)(C(=O)O)C(C)C#N)cc1. The van der Waals surface area contributed by atoms with Crippen LogP contribution in [0.25, 0.3) is 0 Å². The lowest BCUT2D eigenvalue weighted by atomic mass is 9.73. The van der Waals surface area contributed by atoms with Gasteiger partial charge in [0.05, 0.1) is 12.0 Å². The van der Waals surface area contributed by atoms with Crippen LogP contribution in [-0.4, -0.2) is 11.1 Å². The van der Waals surface area contributed by atoms with Crippen molar-refractivity contribution in [3.05, 3.63) is 35.4 Å². The van der Waals surface area contributed by atoms with Crippen molar-refractivity contribution in [2.24, 2.45) is 5.92 Å². The molecule has 0 aliphatic rings. The van der Waals surface area contributed by atoms with Gasteiger partial charge < -0.3 is 5.11 Å². The van der Waals surface area contributed by atoms with Crippen molar-refractivity contribution in [1.29, 1.82) is 5.26 Å². The highest BCUT2D eigenvalue weighted by Gasteiger charge is 2.40. The van der Waals surface area contributed by atoms with E-state index in [1.54, 1.807) is 26.0 Å². The number of hydrogen-bond donors (Lipinski definition) is 1. The minimum absolute atomic E-state index is 0.576. The topological polar surface area (TPSA) is 61.1 Å². The summed E-state index contributed by atoms with van der Waals surface area (Å²) in [4.78, 5) is 11.4. The van der Waals surface area contributed by atoms with Gasteiger partial charge in [0.25, 0.3) is 0 Å². The average molecular weight is 217 g/mol. The van der Waals surface area contributed by atoms with Crippen molar-refractivity contribution in [1.82, 2.24) is 0 Å². The maximum atomic E-state index is 11.4. The van der Waals surface area contributed by atoms with Gasteiger partial charge in [-0.05, 0) is 26.3 Å². The molecule has 0 spiro atoms. The van der Waals surface area contributed by atoms with E-state index in [9.17, 15) is 9.90 Å². The van der Waals surface area contributed by atoms with Gasteiger partial charge in [0.15, 0.2) is 0 Å². The standard InChI is InChI=1S/C13H15NO2/c1-9-4-6-11(7-5-9)13(3,12(15)16)10(2)8-14/h4-7,10H,1-3H3,(H,15,16). The molecule has 0 radical (unpaired) electrons. The summed E-state index contributed by atoms with van der Waals surface area (Å²) in [6, 6.07) is 9.29. The fourth-order valence-corrected chi connectivity index (χ4v) is 1.59. The van der Waals surface area contributed by atoms with Gasteiger partial charge in [0.1, 0.15) is 5.41 Å². The molecular weight excluding hydrogens is 202 g/mol. The number of nitriles is 1. The summed E-state index contributed by atoms with van der Waals surface area (Å²) in [6.07, 6.45) is 0. The summed E-state index contributed by atoms with van der Waals surface area (Å²) < 4.78 is 0. The van der Waals surface area contributed by atoms with Crippen molar-refractivity contribution in [2.45, 2.75) is 26.2 Å². The number of aliphatic carboxylic acids is 1. The molecule has 3 nitrogen and oxygen atoms in total. The van der Waals surface area contributed by atoms with E-state index in [2.05, 4.69) is 0 Å². The number of nitrogens with zero attached hydrogens (tertiary/aromatic N) is 1. The highest BCUT2D eigenvalue weighted by Crippen LogP contribution is 2.32. The van der Waals surface area contributed by atoms with Crippen LogP contribution in [0.1, 0.15) is 25.0 Å². The minimum Gasteiger partial charge on any atom is -0.481 e. The molecule has 0 amide bonds. The third-order valence-corrected chi connectivity index (χ3v) is 3.16. The van der Waals surface area contributed by atoms with Crippen molar-refractivity contribution in [2.75, 3.05) is 0 Å². The molecule has 1 N–H and O–H groups in total. The van der Waals surface area contributed by atoms with Crippen LogP contribution in [0, 0.1) is 24.2 Å². The van der Waals surface area contributed by atoms with Gasteiger partial charge in [0, 0.05) is 0 Å². The fourth-order valence-electron chi connectivity index (χ4n) is 1.59. The van der Waals surface area contributed by atoms with E-state index in [0.29, 0.717) is 5.56 Å². The summed E-state index contributed by atoms with van der Waals surface area (Å²) in [7, 11) is 0. The number of rotatable bonds is 3. The quantitative estimate of drug-likeness (QED) is 0.846. The first-order chi connectivity index (χ1) is 7.42. The molecule has 1 aromatic rings. The molecule has 1 aromatic carbocycles. The molecule has 0 aromatic heterocycles. The van der Waals surface area contributed by atoms with Crippen molar-refractivity contribution >= 4 is 5.97 Å². The van der Waals surface area contributed by atoms with Crippen LogP contribution in [0.4, 0.5) is 0 Å². The van der Waals surface area contributed by atoms with E-state index >= 15 is 0 Å². The number of carbonyl (C=O) groups is 1. The molecule has 2 atom stereocenters. The van der Waals surface area contributed by atoms with Gasteiger partial charge in [0.2, 0.25) is 0 Å². The maximum Gasteiger partial charge on any atom is 0.315 e. The highest BCUT2D eigenvalue weighted by molar-refractivity contribution is 5.81. The zero-order chi connectivity index (χ0) is 12.3. The molecule has 1 rings (SSSR count). The Morgan fingerprint density at radius 1 is 1.44 bits per heavy atom. The van der Waals surface area contributed by atoms with Crippen LogP contribution in [0.5, 0.6) is 0 Å². The molecule has 0 fully saturated rings. The number of carboxylic acid groups (broad SMARTS) is 1. The van der Waals surface area contributed by atoms with Crippen molar-refractivity contribution in [3.8, 4) is 6.07 Å². The second-order valence-corrected chi connectivity index (χ2v) is 4.22. The summed E-state index contributed by atoms with van der Waals surface area (Å²) in [5.41, 5.74) is 0.586. The van der Waals surface area contributed by atoms with E-state index in [-0.39, 0.29) is 0 Å². The number of carboxylic acids is 1. The fraction of sp³-hybridized carbons (Fsp3) is 0.385. The summed E-state index contributed by atoms with van der Waals surface area (Å²) in [5.74, 6) is -1.54. The second kappa shape index (κ2) is 4.36. The van der Waals surface area contributed by atoms with E-state index < -0.39 is 17.3 Å². The Morgan fingerprint density at radius 2 is 1.94 bits per heavy atom. The Bertz CT molecular complexity index is 430. The van der Waals surface area contributed by atoms with Crippen molar-refractivity contribution in [3.63, 3.8) is 0 Å². The maximum absolute atomic E-state index is 11.4. The Hall–Kier alpha value is -1.82. The van der Waals surface area contributed by atoms with E-state index in [1.165, 1.54) is 0 Å². The lowest BCUT2D eigenvalue weighted by molar-refractivity contribution is -0.144. The zero-order valence-corrected chi connectivity index (χ0v) is 9.69. The Balaban J connectivity index is 3.28. The van der Waals surface area contributed by atoms with Gasteiger partial charge >= 0.3 is 5.97 Å². The van der Waals surface area contributed by atoms with Crippen LogP contribution < -0.4 is 0 Å². The molecule has 0 saturated heterocycles. The van der Waals surface area contributed by atoms with Crippen molar-refractivity contribution < 1.29 is 9.90 Å². The third kappa shape index (κ3) is 1.92. The van der Waals surface area contributed by atoms with Gasteiger partial charge in [-0.15, -0.1) is 0 Å². The molecule has 2 unspecified atom stereocenters. The summed E-state index contributed by atoms with van der Waals surface area (Å²) in [6.45, 7) is 5.16. The first-order valence-electron chi connectivity index (χ1n) is 5.13. The average Bonchev–Trinajstić information content (AvgIpc) is 2.27. The monoisotopic (exact) mass is 217 g/mol. The van der Waals surface area contributed by atoms with E-state index in [0.717, 1.165) is 5.56 Å². The molecular formula is C13H15NO2. The smallest absolute Gasteiger partial charge is 0.315 e. The molecule has 0 aliphatic carbocycles. The summed E-state index contributed by atoms with van der Waals surface area (Å²) in [5, 5.41) is 18.2. The zero-order valence-electron chi connectivity index (χ0n) is 9.69. The molecule has 0 saturated carbocycles. The minimum atomic E-state index is -1.15. The van der Waals surface area contributed by atoms with Crippen LogP contribution in [0.2, 0.25) is 0 Å². The predicted octanol–water partition coefficient (Wildman–Crippen LogP) is 2.50. The Labute approximate surface area is 95.3 Å². The molecule has 84 valence electrons. The van der Waals surface area contributed by atoms with Crippen LogP contribution in [0.15, 0.2) is 24.3 Å². The normalized spacial score (nSPS) is 15.9. The van der Waals surface area contributed by atoms with Crippen LogP contribution in [-0.2, 0) is 10.2 Å². The summed E-state index contributed by atoms with van der Waals surface area (Å²) >= 11 is 0. The lowest BCUT2D eigenvalue weighted by Gasteiger charge is -2.27. The number of hydrogen-bond acceptors (Lipinski definition) is 2. The second-order valence-electron chi connectivity index (χ2n) is 4.22. The van der Waals surface area contributed by atoms with Crippen LogP contribution >= 0.6 is 0 Å². The van der Waals surface area contributed by atoms with E-state index in [1.807, 2.05) is 25.1 Å². The van der Waals surface area contributed by atoms with Gasteiger partial charge in [-0.3, -0.25) is 4.79 Å². The van der Waals surface area contributed by atoms with Gasteiger partial charge in [-0.25, -0.2) is 0 Å².